The Morgan fingerprint density at radius 1 is 1.50 bits per heavy atom. The maximum absolute atomic E-state index is 10.3. The Balaban J connectivity index is 2.83. The van der Waals surface area contributed by atoms with Crippen LogP contribution in [0.15, 0.2) is 11.3 Å². The van der Waals surface area contributed by atoms with Gasteiger partial charge in [0.15, 0.2) is 12.0 Å². The van der Waals surface area contributed by atoms with E-state index in [9.17, 15) is 4.79 Å². The standard InChI is InChI=1S/C8H12O2/c1-5-6(2)8(4-9)10-7(5)3/h4-5,7H,1-3H3/t5?,7-/m0/s1. The molecule has 1 unspecified atom stereocenters. The topological polar surface area (TPSA) is 26.3 Å². The summed E-state index contributed by atoms with van der Waals surface area (Å²) in [6.45, 7) is 5.99. The normalized spacial score (nSPS) is 32.3. The lowest BCUT2D eigenvalue weighted by atomic mass is 10.00. The smallest absolute Gasteiger partial charge is 0.184 e. The van der Waals surface area contributed by atoms with Crippen molar-refractivity contribution in [2.45, 2.75) is 26.9 Å². The Morgan fingerprint density at radius 3 is 2.30 bits per heavy atom. The molecule has 0 spiro atoms. The zero-order valence-corrected chi connectivity index (χ0v) is 6.55. The fourth-order valence-corrected chi connectivity index (χ4v) is 1.09. The molecule has 0 amide bonds. The fourth-order valence-electron chi connectivity index (χ4n) is 1.09. The summed E-state index contributed by atoms with van der Waals surface area (Å²) in [6.07, 6.45) is 0.954. The van der Waals surface area contributed by atoms with Gasteiger partial charge in [0.05, 0.1) is 0 Å². The van der Waals surface area contributed by atoms with E-state index in [2.05, 4.69) is 6.92 Å². The van der Waals surface area contributed by atoms with Gasteiger partial charge in [-0.15, -0.1) is 0 Å². The molecule has 2 atom stereocenters. The highest BCUT2D eigenvalue weighted by atomic mass is 16.5. The van der Waals surface area contributed by atoms with E-state index < -0.39 is 0 Å². The van der Waals surface area contributed by atoms with Crippen LogP contribution in [0, 0.1) is 5.92 Å². The molecular formula is C8H12O2. The lowest BCUT2D eigenvalue weighted by Gasteiger charge is -2.08. The van der Waals surface area contributed by atoms with Gasteiger partial charge in [0.2, 0.25) is 0 Å². The number of carbonyl (C=O) groups is 1. The fraction of sp³-hybridized carbons (Fsp3) is 0.625. The second kappa shape index (κ2) is 2.45. The molecule has 0 aromatic rings. The van der Waals surface area contributed by atoms with E-state index in [1.807, 2.05) is 13.8 Å². The van der Waals surface area contributed by atoms with Gasteiger partial charge < -0.3 is 4.74 Å². The lowest BCUT2D eigenvalue weighted by molar-refractivity contribution is -0.108. The van der Waals surface area contributed by atoms with Gasteiger partial charge >= 0.3 is 0 Å². The predicted molar refractivity (Wildman–Crippen MR) is 38.5 cm³/mol. The Labute approximate surface area is 60.9 Å². The highest BCUT2D eigenvalue weighted by molar-refractivity contribution is 5.72. The van der Waals surface area contributed by atoms with E-state index in [0.717, 1.165) is 11.9 Å². The second-order valence-electron chi connectivity index (χ2n) is 2.78. The Kier molecular flexibility index (Phi) is 1.79. The first kappa shape index (κ1) is 7.32. The molecule has 0 bridgehead atoms. The molecule has 2 heteroatoms. The monoisotopic (exact) mass is 140 g/mol. The molecule has 0 fully saturated rings. The molecule has 0 radical (unpaired) electrons. The molecule has 1 rings (SSSR count). The van der Waals surface area contributed by atoms with Crippen LogP contribution >= 0.6 is 0 Å². The maximum atomic E-state index is 10.3. The van der Waals surface area contributed by atoms with Gasteiger partial charge in [0.25, 0.3) is 0 Å². The van der Waals surface area contributed by atoms with Crippen molar-refractivity contribution in [1.82, 2.24) is 0 Å². The van der Waals surface area contributed by atoms with Crippen LogP contribution in [-0.4, -0.2) is 12.4 Å². The number of aldehydes is 1. The molecule has 0 N–H and O–H groups in total. The van der Waals surface area contributed by atoms with Crippen LogP contribution in [0.1, 0.15) is 20.8 Å². The predicted octanol–water partition coefficient (Wildman–Crippen LogP) is 1.51. The van der Waals surface area contributed by atoms with Crippen LogP contribution in [0.5, 0.6) is 0 Å². The van der Waals surface area contributed by atoms with E-state index in [4.69, 9.17) is 4.74 Å². The average molecular weight is 140 g/mol. The third kappa shape index (κ3) is 0.939. The SMILES string of the molecule is CC1=C(C=O)O[C@@H](C)C1C. The first-order valence-corrected chi connectivity index (χ1v) is 3.49. The van der Waals surface area contributed by atoms with Crippen LogP contribution < -0.4 is 0 Å². The van der Waals surface area contributed by atoms with E-state index in [1.165, 1.54) is 0 Å². The third-order valence-electron chi connectivity index (χ3n) is 2.20. The zero-order chi connectivity index (χ0) is 7.72. The minimum Gasteiger partial charge on any atom is -0.487 e. The molecule has 0 aromatic carbocycles. The highest BCUT2D eigenvalue weighted by Gasteiger charge is 2.26. The number of ether oxygens (including phenoxy) is 1. The van der Waals surface area contributed by atoms with Crippen molar-refractivity contribution in [2.75, 3.05) is 0 Å². The van der Waals surface area contributed by atoms with Crippen molar-refractivity contribution >= 4 is 6.29 Å². The molecule has 1 heterocycles. The Bertz CT molecular complexity index is 182. The van der Waals surface area contributed by atoms with Gasteiger partial charge in [-0.2, -0.15) is 0 Å². The summed E-state index contributed by atoms with van der Waals surface area (Å²) in [5, 5.41) is 0. The molecule has 1 aliphatic rings. The number of allylic oxidation sites excluding steroid dienone is 1. The molecule has 56 valence electrons. The highest BCUT2D eigenvalue weighted by Crippen LogP contribution is 2.28. The average Bonchev–Trinajstić information content (AvgIpc) is 2.17. The first-order valence-electron chi connectivity index (χ1n) is 3.49. The number of hydrogen-bond donors (Lipinski definition) is 0. The number of carbonyl (C=O) groups excluding carboxylic acids is 1. The Hall–Kier alpha value is -0.790. The lowest BCUT2D eigenvalue weighted by Crippen LogP contribution is -2.09. The van der Waals surface area contributed by atoms with Crippen molar-refractivity contribution in [3.63, 3.8) is 0 Å². The molecule has 10 heavy (non-hydrogen) atoms. The molecule has 0 aliphatic carbocycles. The summed E-state index contributed by atoms with van der Waals surface area (Å²) in [5.41, 5.74) is 1.07. The van der Waals surface area contributed by atoms with Crippen molar-refractivity contribution in [3.8, 4) is 0 Å². The van der Waals surface area contributed by atoms with Crippen LogP contribution in [-0.2, 0) is 9.53 Å². The van der Waals surface area contributed by atoms with E-state index in [0.29, 0.717) is 11.7 Å². The quantitative estimate of drug-likeness (QED) is 0.516. The summed E-state index contributed by atoms with van der Waals surface area (Å²) >= 11 is 0. The van der Waals surface area contributed by atoms with Crippen LogP contribution in [0.4, 0.5) is 0 Å². The van der Waals surface area contributed by atoms with Crippen molar-refractivity contribution in [3.05, 3.63) is 11.3 Å². The van der Waals surface area contributed by atoms with Crippen LogP contribution in [0.3, 0.4) is 0 Å². The molecule has 2 nitrogen and oxygen atoms in total. The summed E-state index contributed by atoms with van der Waals surface area (Å²) in [6, 6.07) is 0. The van der Waals surface area contributed by atoms with E-state index >= 15 is 0 Å². The van der Waals surface area contributed by atoms with E-state index in [-0.39, 0.29) is 6.10 Å². The van der Waals surface area contributed by atoms with Crippen molar-refractivity contribution < 1.29 is 9.53 Å². The van der Waals surface area contributed by atoms with Crippen molar-refractivity contribution in [2.24, 2.45) is 5.92 Å². The van der Waals surface area contributed by atoms with Gasteiger partial charge in [-0.05, 0) is 19.4 Å². The maximum Gasteiger partial charge on any atom is 0.184 e. The first-order chi connectivity index (χ1) is 4.66. The summed E-state index contributed by atoms with van der Waals surface area (Å²) in [7, 11) is 0. The molecular weight excluding hydrogens is 128 g/mol. The number of rotatable bonds is 1. The summed E-state index contributed by atoms with van der Waals surface area (Å²) in [4.78, 5) is 10.3. The van der Waals surface area contributed by atoms with Crippen molar-refractivity contribution in [1.29, 1.82) is 0 Å². The molecule has 0 saturated heterocycles. The van der Waals surface area contributed by atoms with Gasteiger partial charge in [0.1, 0.15) is 6.10 Å². The second-order valence-corrected chi connectivity index (χ2v) is 2.78. The van der Waals surface area contributed by atoms with Gasteiger partial charge in [-0.25, -0.2) is 0 Å². The molecule has 0 saturated carbocycles. The minimum absolute atomic E-state index is 0.167. The summed E-state index contributed by atoms with van der Waals surface area (Å²) < 4.78 is 5.25. The van der Waals surface area contributed by atoms with E-state index in [1.54, 1.807) is 0 Å². The summed E-state index contributed by atoms with van der Waals surface area (Å²) in [5.74, 6) is 0.917. The van der Waals surface area contributed by atoms with Gasteiger partial charge in [-0.3, -0.25) is 4.79 Å². The number of hydrogen-bond acceptors (Lipinski definition) is 2. The van der Waals surface area contributed by atoms with Crippen LogP contribution in [0.25, 0.3) is 0 Å². The Morgan fingerprint density at radius 2 is 2.10 bits per heavy atom. The molecule has 1 aliphatic heterocycles. The largest absolute Gasteiger partial charge is 0.487 e. The zero-order valence-electron chi connectivity index (χ0n) is 6.55. The third-order valence-corrected chi connectivity index (χ3v) is 2.20. The minimum atomic E-state index is 0.167. The van der Waals surface area contributed by atoms with Gasteiger partial charge in [0, 0.05) is 5.92 Å². The van der Waals surface area contributed by atoms with Gasteiger partial charge in [-0.1, -0.05) is 6.92 Å². The molecule has 0 aromatic heterocycles. The van der Waals surface area contributed by atoms with Crippen LogP contribution in [0.2, 0.25) is 0 Å².